The first kappa shape index (κ1) is 17.4. The largest absolute Gasteiger partial charge is 0.481 e. The Balaban J connectivity index is 4.26. The Morgan fingerprint density at radius 2 is 1.79 bits per heavy atom. The SMILES string of the molecule is CCCNC(=O)CN(C)C(=O)CC(C)(C)CC(=O)O. The molecule has 2 amide bonds. The minimum absolute atomic E-state index is 0.00197. The summed E-state index contributed by atoms with van der Waals surface area (Å²) in [5.74, 6) is -1.35. The van der Waals surface area contributed by atoms with Gasteiger partial charge in [0.05, 0.1) is 13.0 Å². The van der Waals surface area contributed by atoms with Gasteiger partial charge in [-0.3, -0.25) is 14.4 Å². The van der Waals surface area contributed by atoms with Crippen molar-refractivity contribution in [1.29, 1.82) is 0 Å². The molecule has 0 unspecified atom stereocenters. The summed E-state index contributed by atoms with van der Waals surface area (Å²) in [5, 5.41) is 11.4. The Bertz CT molecular complexity index is 340. The van der Waals surface area contributed by atoms with Crippen LogP contribution in [-0.2, 0) is 14.4 Å². The van der Waals surface area contributed by atoms with Crippen molar-refractivity contribution in [1.82, 2.24) is 10.2 Å². The van der Waals surface area contributed by atoms with Gasteiger partial charge in [-0.1, -0.05) is 20.8 Å². The van der Waals surface area contributed by atoms with Crippen LogP contribution in [0.1, 0.15) is 40.0 Å². The summed E-state index contributed by atoms with van der Waals surface area (Å²) in [6.07, 6.45) is 0.876. The van der Waals surface area contributed by atoms with Crippen molar-refractivity contribution in [2.75, 3.05) is 20.1 Å². The highest BCUT2D eigenvalue weighted by Crippen LogP contribution is 2.25. The topological polar surface area (TPSA) is 86.7 Å². The number of carbonyl (C=O) groups excluding carboxylic acids is 2. The second-order valence-corrected chi connectivity index (χ2v) is 5.51. The first-order valence-electron chi connectivity index (χ1n) is 6.40. The fourth-order valence-electron chi connectivity index (χ4n) is 1.64. The normalized spacial score (nSPS) is 10.9. The van der Waals surface area contributed by atoms with Gasteiger partial charge in [0, 0.05) is 20.0 Å². The molecule has 6 nitrogen and oxygen atoms in total. The molecule has 0 fully saturated rings. The Kier molecular flexibility index (Phi) is 7.11. The first-order valence-corrected chi connectivity index (χ1v) is 6.40. The van der Waals surface area contributed by atoms with E-state index in [1.807, 2.05) is 6.92 Å². The third-order valence-corrected chi connectivity index (χ3v) is 2.64. The molecule has 0 atom stereocenters. The molecule has 0 aromatic carbocycles. The molecule has 0 saturated carbocycles. The summed E-state index contributed by atoms with van der Waals surface area (Å²) < 4.78 is 0. The minimum atomic E-state index is -0.929. The van der Waals surface area contributed by atoms with Crippen LogP contribution in [0.5, 0.6) is 0 Å². The van der Waals surface area contributed by atoms with Crippen LogP contribution in [0.4, 0.5) is 0 Å². The zero-order valence-electron chi connectivity index (χ0n) is 12.2. The van der Waals surface area contributed by atoms with Crippen molar-refractivity contribution >= 4 is 17.8 Å². The lowest BCUT2D eigenvalue weighted by Gasteiger charge is -2.25. The predicted molar refractivity (Wildman–Crippen MR) is 71.6 cm³/mol. The third kappa shape index (κ3) is 8.18. The van der Waals surface area contributed by atoms with Gasteiger partial charge in [-0.2, -0.15) is 0 Å². The van der Waals surface area contributed by atoms with Gasteiger partial charge in [0.15, 0.2) is 0 Å². The number of nitrogens with zero attached hydrogens (tertiary/aromatic N) is 1. The number of carbonyl (C=O) groups is 3. The Morgan fingerprint density at radius 3 is 2.26 bits per heavy atom. The molecule has 2 N–H and O–H groups in total. The van der Waals surface area contributed by atoms with E-state index in [1.165, 1.54) is 4.90 Å². The van der Waals surface area contributed by atoms with Crippen LogP contribution < -0.4 is 5.32 Å². The highest BCUT2D eigenvalue weighted by atomic mass is 16.4. The first-order chi connectivity index (χ1) is 8.68. The van der Waals surface area contributed by atoms with E-state index in [9.17, 15) is 14.4 Å². The number of aliphatic carboxylic acids is 1. The lowest BCUT2D eigenvalue weighted by atomic mass is 9.85. The van der Waals surface area contributed by atoms with Crippen LogP contribution >= 0.6 is 0 Å². The van der Waals surface area contributed by atoms with Gasteiger partial charge in [-0.25, -0.2) is 0 Å². The second-order valence-electron chi connectivity index (χ2n) is 5.51. The molecular weight excluding hydrogens is 248 g/mol. The van der Waals surface area contributed by atoms with E-state index < -0.39 is 11.4 Å². The lowest BCUT2D eigenvalue weighted by Crippen LogP contribution is -2.40. The van der Waals surface area contributed by atoms with E-state index >= 15 is 0 Å². The van der Waals surface area contributed by atoms with Crippen LogP contribution in [0.3, 0.4) is 0 Å². The maximum atomic E-state index is 11.9. The van der Waals surface area contributed by atoms with Gasteiger partial charge in [-0.05, 0) is 11.8 Å². The summed E-state index contributed by atoms with van der Waals surface area (Å²) in [6, 6.07) is 0. The van der Waals surface area contributed by atoms with Crippen LogP contribution in [0, 0.1) is 5.41 Å². The third-order valence-electron chi connectivity index (χ3n) is 2.64. The lowest BCUT2D eigenvalue weighted by molar-refractivity contribution is -0.141. The number of carboxylic acid groups (broad SMARTS) is 1. The molecule has 0 aromatic heterocycles. The number of hydrogen-bond donors (Lipinski definition) is 2. The highest BCUT2D eigenvalue weighted by molar-refractivity contribution is 5.85. The molecule has 0 radical (unpaired) electrons. The van der Waals surface area contributed by atoms with Crippen molar-refractivity contribution in [3.05, 3.63) is 0 Å². The molecule has 19 heavy (non-hydrogen) atoms. The van der Waals surface area contributed by atoms with Gasteiger partial charge in [0.1, 0.15) is 0 Å². The van der Waals surface area contributed by atoms with E-state index in [0.717, 1.165) is 6.42 Å². The van der Waals surface area contributed by atoms with Gasteiger partial charge >= 0.3 is 5.97 Å². The van der Waals surface area contributed by atoms with Gasteiger partial charge < -0.3 is 15.3 Å². The molecular formula is C13H24N2O4. The minimum Gasteiger partial charge on any atom is -0.481 e. The van der Waals surface area contributed by atoms with Crippen molar-refractivity contribution in [2.24, 2.45) is 5.41 Å². The molecule has 0 aliphatic rings. The summed E-state index contributed by atoms with van der Waals surface area (Å²) in [4.78, 5) is 35.4. The molecule has 0 bridgehead atoms. The molecule has 6 heteroatoms. The van der Waals surface area contributed by atoms with Crippen LogP contribution in [0.25, 0.3) is 0 Å². The Labute approximate surface area is 114 Å². The van der Waals surface area contributed by atoms with Crippen LogP contribution in [0.15, 0.2) is 0 Å². The molecule has 0 heterocycles. The fraction of sp³-hybridized carbons (Fsp3) is 0.769. The Hall–Kier alpha value is -1.59. The average Bonchev–Trinajstić information content (AvgIpc) is 2.23. The molecule has 0 aliphatic heterocycles. The van der Waals surface area contributed by atoms with Crippen molar-refractivity contribution in [3.63, 3.8) is 0 Å². The second kappa shape index (κ2) is 7.76. The highest BCUT2D eigenvalue weighted by Gasteiger charge is 2.27. The number of nitrogens with one attached hydrogen (secondary N) is 1. The number of hydrogen-bond acceptors (Lipinski definition) is 3. The van der Waals surface area contributed by atoms with Crippen molar-refractivity contribution in [3.8, 4) is 0 Å². The summed E-state index contributed by atoms with van der Waals surface area (Å²) in [7, 11) is 1.55. The molecule has 0 rings (SSSR count). The van der Waals surface area contributed by atoms with E-state index in [-0.39, 0.29) is 31.2 Å². The number of rotatable bonds is 8. The number of carboxylic acids is 1. The van der Waals surface area contributed by atoms with E-state index in [1.54, 1.807) is 20.9 Å². The Morgan fingerprint density at radius 1 is 1.21 bits per heavy atom. The average molecular weight is 272 g/mol. The van der Waals surface area contributed by atoms with E-state index in [0.29, 0.717) is 6.54 Å². The predicted octanol–water partition coefficient (Wildman–Crippen LogP) is 0.862. The molecule has 0 aromatic rings. The maximum absolute atomic E-state index is 11.9. The van der Waals surface area contributed by atoms with Gasteiger partial charge in [0.2, 0.25) is 11.8 Å². The number of amides is 2. The summed E-state index contributed by atoms with van der Waals surface area (Å²) in [6.45, 7) is 5.99. The van der Waals surface area contributed by atoms with Crippen molar-refractivity contribution < 1.29 is 19.5 Å². The zero-order valence-corrected chi connectivity index (χ0v) is 12.2. The molecule has 0 aliphatic carbocycles. The molecule has 0 spiro atoms. The number of likely N-dealkylation sites (N-methyl/N-ethyl adjacent to an activating group) is 1. The fourth-order valence-corrected chi connectivity index (χ4v) is 1.64. The monoisotopic (exact) mass is 272 g/mol. The van der Waals surface area contributed by atoms with Crippen molar-refractivity contribution in [2.45, 2.75) is 40.0 Å². The van der Waals surface area contributed by atoms with E-state index in [4.69, 9.17) is 5.11 Å². The quantitative estimate of drug-likeness (QED) is 0.686. The van der Waals surface area contributed by atoms with Gasteiger partial charge in [-0.15, -0.1) is 0 Å². The maximum Gasteiger partial charge on any atom is 0.303 e. The summed E-state index contributed by atoms with van der Waals surface area (Å²) in [5.41, 5.74) is -0.614. The summed E-state index contributed by atoms with van der Waals surface area (Å²) >= 11 is 0. The standard InChI is InChI=1S/C13H24N2O4/c1-5-6-14-10(16)9-15(4)11(17)7-13(2,3)8-12(18)19/h5-9H2,1-4H3,(H,14,16)(H,18,19). The van der Waals surface area contributed by atoms with Gasteiger partial charge in [0.25, 0.3) is 0 Å². The smallest absolute Gasteiger partial charge is 0.303 e. The molecule has 110 valence electrons. The van der Waals surface area contributed by atoms with E-state index in [2.05, 4.69) is 5.32 Å². The van der Waals surface area contributed by atoms with Crippen LogP contribution in [0.2, 0.25) is 0 Å². The molecule has 0 saturated heterocycles. The van der Waals surface area contributed by atoms with Crippen LogP contribution in [-0.4, -0.2) is 47.9 Å². The zero-order chi connectivity index (χ0) is 15.1.